The summed E-state index contributed by atoms with van der Waals surface area (Å²) in [7, 11) is 0. The fraction of sp³-hybridized carbons (Fsp3) is 0.600. The first-order valence-electron chi connectivity index (χ1n) is 6.67. The second-order valence-corrected chi connectivity index (χ2v) is 7.51. The molecule has 1 rings (SSSR count). The van der Waals surface area contributed by atoms with Gasteiger partial charge in [0, 0.05) is 15.7 Å². The van der Waals surface area contributed by atoms with E-state index < -0.39 is 0 Å². The van der Waals surface area contributed by atoms with Crippen molar-refractivity contribution in [2.24, 2.45) is 11.5 Å². The topological polar surface area (TPSA) is 52.0 Å². The average molecular weight is 303 g/mol. The van der Waals surface area contributed by atoms with Gasteiger partial charge in [-0.15, -0.1) is 24.2 Å². The van der Waals surface area contributed by atoms with Gasteiger partial charge in [0.25, 0.3) is 0 Å². The van der Waals surface area contributed by atoms with E-state index in [9.17, 15) is 0 Å². The van der Waals surface area contributed by atoms with Gasteiger partial charge in [-0.1, -0.05) is 45.4 Å². The largest absolute Gasteiger partial charge is 0.330 e. The van der Waals surface area contributed by atoms with Crippen molar-refractivity contribution in [1.29, 1.82) is 0 Å². The molecule has 19 heavy (non-hydrogen) atoms. The van der Waals surface area contributed by atoms with Crippen LogP contribution in [-0.4, -0.2) is 11.3 Å². The molecule has 0 heterocycles. The van der Waals surface area contributed by atoms with Crippen molar-refractivity contribution in [2.75, 3.05) is 6.54 Å². The molecular weight excluding hydrogens is 276 g/mol. The number of halogens is 1. The van der Waals surface area contributed by atoms with Gasteiger partial charge in [-0.05, 0) is 31.0 Å². The van der Waals surface area contributed by atoms with E-state index in [1.807, 2.05) is 11.8 Å². The van der Waals surface area contributed by atoms with E-state index in [2.05, 4.69) is 45.0 Å². The Balaban J connectivity index is 0.00000324. The molecular formula is C15H27ClN2S. The second kappa shape index (κ2) is 8.85. The summed E-state index contributed by atoms with van der Waals surface area (Å²) in [6.07, 6.45) is 3.17. The zero-order valence-corrected chi connectivity index (χ0v) is 13.8. The maximum absolute atomic E-state index is 6.30. The summed E-state index contributed by atoms with van der Waals surface area (Å²) in [4.78, 5) is 1.31. The summed E-state index contributed by atoms with van der Waals surface area (Å²) in [6.45, 7) is 7.45. The lowest BCUT2D eigenvalue weighted by Gasteiger charge is -2.22. The smallest absolute Gasteiger partial charge is 0.0306 e. The highest BCUT2D eigenvalue weighted by atomic mass is 35.5. The third-order valence-corrected chi connectivity index (χ3v) is 3.91. The van der Waals surface area contributed by atoms with Crippen molar-refractivity contribution in [3.8, 4) is 0 Å². The monoisotopic (exact) mass is 302 g/mol. The van der Waals surface area contributed by atoms with Gasteiger partial charge in [0.1, 0.15) is 0 Å². The van der Waals surface area contributed by atoms with Crippen LogP contribution in [0.25, 0.3) is 0 Å². The summed E-state index contributed by atoms with van der Waals surface area (Å²) >= 11 is 1.89. The molecule has 0 unspecified atom stereocenters. The van der Waals surface area contributed by atoms with Crippen LogP contribution >= 0.6 is 24.2 Å². The Labute approximate surface area is 128 Å². The van der Waals surface area contributed by atoms with Gasteiger partial charge in [-0.3, -0.25) is 0 Å². The van der Waals surface area contributed by atoms with E-state index >= 15 is 0 Å². The van der Waals surface area contributed by atoms with Gasteiger partial charge in [0.15, 0.2) is 0 Å². The summed E-state index contributed by atoms with van der Waals surface area (Å²) in [5.41, 5.74) is 13.1. The molecule has 0 saturated heterocycles. The normalized spacial score (nSPS) is 12.9. The highest BCUT2D eigenvalue weighted by Gasteiger charge is 2.17. The lowest BCUT2D eigenvalue weighted by atomic mass is 10.0. The molecule has 0 amide bonds. The molecule has 0 aromatic heterocycles. The number of benzene rings is 1. The van der Waals surface area contributed by atoms with Crippen LogP contribution in [0.2, 0.25) is 0 Å². The quantitative estimate of drug-likeness (QED) is 0.614. The van der Waals surface area contributed by atoms with E-state index in [0.717, 1.165) is 25.8 Å². The van der Waals surface area contributed by atoms with Crippen LogP contribution < -0.4 is 11.5 Å². The van der Waals surface area contributed by atoms with Crippen molar-refractivity contribution in [3.63, 3.8) is 0 Å². The molecule has 1 aromatic carbocycles. The lowest BCUT2D eigenvalue weighted by molar-refractivity contribution is 0.584. The summed E-state index contributed by atoms with van der Waals surface area (Å²) in [5.74, 6) is 0. The lowest BCUT2D eigenvalue weighted by Crippen LogP contribution is -2.14. The molecule has 0 aliphatic rings. The van der Waals surface area contributed by atoms with Gasteiger partial charge >= 0.3 is 0 Å². The van der Waals surface area contributed by atoms with Crippen LogP contribution in [-0.2, 0) is 0 Å². The van der Waals surface area contributed by atoms with Crippen molar-refractivity contribution < 1.29 is 0 Å². The molecule has 0 bridgehead atoms. The van der Waals surface area contributed by atoms with Crippen LogP contribution in [0, 0.1) is 0 Å². The predicted octanol–water partition coefficient (Wildman–Crippen LogP) is 4.13. The summed E-state index contributed by atoms with van der Waals surface area (Å²) in [6, 6.07) is 8.62. The van der Waals surface area contributed by atoms with Gasteiger partial charge in [0.05, 0.1) is 0 Å². The van der Waals surface area contributed by atoms with Crippen LogP contribution in [0.3, 0.4) is 0 Å². The average Bonchev–Trinajstić information content (AvgIpc) is 2.27. The first-order valence-corrected chi connectivity index (χ1v) is 7.49. The van der Waals surface area contributed by atoms with Gasteiger partial charge in [-0.2, -0.15) is 0 Å². The zero-order valence-electron chi connectivity index (χ0n) is 12.2. The molecule has 4 N–H and O–H groups in total. The number of rotatable bonds is 6. The molecule has 0 aliphatic carbocycles. The standard InChI is InChI=1S/C15H26N2S.ClH/c1-15(2,3)18-14-10-5-4-8-12(14)13(17)9-6-7-11-16;/h4-5,8,10,13H,6-7,9,11,16-17H2,1-3H3;1H/t13-;/m1./s1. The van der Waals surface area contributed by atoms with Crippen LogP contribution in [0.5, 0.6) is 0 Å². The molecule has 1 aromatic rings. The number of hydrogen-bond acceptors (Lipinski definition) is 3. The SMILES string of the molecule is CC(C)(C)Sc1ccccc1[C@H](N)CCCCN.Cl. The first kappa shape index (κ1) is 18.8. The fourth-order valence-corrected chi connectivity index (χ4v) is 3.02. The highest BCUT2D eigenvalue weighted by Crippen LogP contribution is 2.36. The van der Waals surface area contributed by atoms with E-state index in [1.54, 1.807) is 0 Å². The molecule has 4 heteroatoms. The zero-order chi connectivity index (χ0) is 13.6. The van der Waals surface area contributed by atoms with Crippen LogP contribution in [0.15, 0.2) is 29.2 Å². The van der Waals surface area contributed by atoms with E-state index in [1.165, 1.54) is 10.5 Å². The molecule has 1 atom stereocenters. The molecule has 0 saturated carbocycles. The Bertz CT molecular complexity index is 363. The van der Waals surface area contributed by atoms with Crippen LogP contribution in [0.4, 0.5) is 0 Å². The predicted molar refractivity (Wildman–Crippen MR) is 89.1 cm³/mol. The Kier molecular flexibility index (Phi) is 8.75. The number of hydrogen-bond donors (Lipinski definition) is 2. The third-order valence-electron chi connectivity index (χ3n) is 2.70. The van der Waals surface area contributed by atoms with Crippen molar-refractivity contribution in [3.05, 3.63) is 29.8 Å². The van der Waals surface area contributed by atoms with E-state index in [-0.39, 0.29) is 23.2 Å². The summed E-state index contributed by atoms with van der Waals surface area (Å²) in [5, 5.41) is 0. The molecule has 0 aliphatic heterocycles. The maximum atomic E-state index is 6.30. The van der Waals surface area contributed by atoms with Crippen molar-refractivity contribution >= 4 is 24.2 Å². The Morgan fingerprint density at radius 3 is 2.37 bits per heavy atom. The second-order valence-electron chi connectivity index (χ2n) is 5.64. The highest BCUT2D eigenvalue weighted by molar-refractivity contribution is 8.00. The van der Waals surface area contributed by atoms with Gasteiger partial charge in [0.2, 0.25) is 0 Å². The van der Waals surface area contributed by atoms with Crippen molar-refractivity contribution in [1.82, 2.24) is 0 Å². The number of unbranched alkanes of at least 4 members (excludes halogenated alkanes) is 1. The summed E-state index contributed by atoms with van der Waals surface area (Å²) < 4.78 is 0.215. The fourth-order valence-electron chi connectivity index (χ4n) is 1.87. The van der Waals surface area contributed by atoms with Crippen LogP contribution in [0.1, 0.15) is 51.6 Å². The van der Waals surface area contributed by atoms with Gasteiger partial charge < -0.3 is 11.5 Å². The minimum absolute atomic E-state index is 0. The third kappa shape index (κ3) is 7.21. The minimum atomic E-state index is 0. The Hall–Kier alpha value is -0.220. The van der Waals surface area contributed by atoms with Crippen molar-refractivity contribution in [2.45, 2.75) is 55.7 Å². The number of thioether (sulfide) groups is 1. The van der Waals surface area contributed by atoms with E-state index in [0.29, 0.717) is 0 Å². The maximum Gasteiger partial charge on any atom is 0.0306 e. The molecule has 2 nitrogen and oxygen atoms in total. The molecule has 110 valence electrons. The number of nitrogens with two attached hydrogens (primary N) is 2. The van der Waals surface area contributed by atoms with E-state index in [4.69, 9.17) is 11.5 Å². The Morgan fingerprint density at radius 2 is 1.79 bits per heavy atom. The van der Waals surface area contributed by atoms with Gasteiger partial charge in [-0.25, -0.2) is 0 Å². The molecule has 0 spiro atoms. The Morgan fingerprint density at radius 1 is 1.16 bits per heavy atom. The minimum Gasteiger partial charge on any atom is -0.330 e. The first-order chi connectivity index (χ1) is 8.44. The molecule has 0 radical (unpaired) electrons. The molecule has 0 fully saturated rings.